The summed E-state index contributed by atoms with van der Waals surface area (Å²) >= 11 is 0. The van der Waals surface area contributed by atoms with Gasteiger partial charge in [0.2, 0.25) is 6.79 Å². The van der Waals surface area contributed by atoms with Gasteiger partial charge in [-0.25, -0.2) is 0 Å². The molecule has 3 aliphatic rings. The zero-order valence-electron chi connectivity index (χ0n) is 15.2. The molecule has 2 heterocycles. The van der Waals surface area contributed by atoms with Crippen molar-refractivity contribution in [2.24, 2.45) is 5.92 Å². The summed E-state index contributed by atoms with van der Waals surface area (Å²) in [4.78, 5) is 12.6. The molecule has 2 aromatic rings. The Balaban J connectivity index is 1.23. The summed E-state index contributed by atoms with van der Waals surface area (Å²) in [5, 5.41) is 32.0. The maximum atomic E-state index is 12.6. The molecule has 0 unspecified atom stereocenters. The predicted octanol–water partition coefficient (Wildman–Crippen LogP) is 0.424. The van der Waals surface area contributed by atoms with Crippen LogP contribution in [0.5, 0.6) is 11.5 Å². The first-order chi connectivity index (χ1) is 13.6. The molecule has 28 heavy (non-hydrogen) atoms. The molecule has 2 aliphatic carbocycles. The minimum Gasteiger partial charge on any atom is -0.454 e. The Hall–Kier alpha value is -2.65. The minimum atomic E-state index is -1.03. The molecule has 1 aromatic carbocycles. The summed E-state index contributed by atoms with van der Waals surface area (Å²) in [6, 6.07) is 4.40. The Kier molecular flexibility index (Phi) is 4.21. The average Bonchev–Trinajstić information content (AvgIpc) is 3.16. The average molecular weight is 386 g/mol. The van der Waals surface area contributed by atoms with Crippen LogP contribution in [0.15, 0.2) is 24.4 Å². The maximum Gasteiger partial charge on any atom is 0.251 e. The number of aliphatic hydroxyl groups excluding tert-OH is 2. The highest BCUT2D eigenvalue weighted by atomic mass is 16.7. The molecule has 4 atom stereocenters. The first kappa shape index (κ1) is 17.4. The van der Waals surface area contributed by atoms with Crippen molar-refractivity contribution < 1.29 is 24.5 Å². The Morgan fingerprint density at radius 2 is 2.04 bits per heavy atom. The lowest BCUT2D eigenvalue weighted by atomic mass is 10.1. The molecule has 1 amide bonds. The molecule has 0 bridgehead atoms. The molecule has 1 aliphatic heterocycles. The van der Waals surface area contributed by atoms with E-state index < -0.39 is 18.2 Å². The van der Waals surface area contributed by atoms with Gasteiger partial charge in [-0.15, -0.1) is 5.10 Å². The number of ether oxygens (including phenoxy) is 2. The first-order valence-corrected chi connectivity index (χ1v) is 9.55. The van der Waals surface area contributed by atoms with E-state index in [1.807, 2.05) is 6.20 Å². The highest BCUT2D eigenvalue weighted by molar-refractivity contribution is 5.95. The van der Waals surface area contributed by atoms with E-state index in [-0.39, 0.29) is 18.6 Å². The quantitative estimate of drug-likeness (QED) is 0.682. The van der Waals surface area contributed by atoms with E-state index in [1.54, 1.807) is 22.9 Å². The van der Waals surface area contributed by atoms with Gasteiger partial charge in [-0.2, -0.15) is 0 Å². The molecule has 0 radical (unpaired) electrons. The second-order valence-corrected chi connectivity index (χ2v) is 7.76. The largest absolute Gasteiger partial charge is 0.454 e. The SMILES string of the molecule is O=C(N[C@@H]1C[C@H](Cn2cc(C3CC3)nn2)[C@@H](O)[C@H]1O)c1ccc2c(c1)OCO2. The third-order valence-corrected chi connectivity index (χ3v) is 5.73. The summed E-state index contributed by atoms with van der Waals surface area (Å²) in [5.41, 5.74) is 1.40. The number of nitrogens with one attached hydrogen (secondary N) is 1. The summed E-state index contributed by atoms with van der Waals surface area (Å²) in [7, 11) is 0. The lowest BCUT2D eigenvalue weighted by Gasteiger charge is -2.18. The van der Waals surface area contributed by atoms with Gasteiger partial charge in [-0.05, 0) is 37.5 Å². The lowest BCUT2D eigenvalue weighted by Crippen LogP contribution is -2.43. The number of carbonyl (C=O) groups excluding carboxylic acids is 1. The second-order valence-electron chi connectivity index (χ2n) is 7.76. The number of amides is 1. The van der Waals surface area contributed by atoms with Crippen molar-refractivity contribution in [1.29, 1.82) is 0 Å². The number of carbonyl (C=O) groups is 1. The van der Waals surface area contributed by atoms with Crippen LogP contribution < -0.4 is 14.8 Å². The van der Waals surface area contributed by atoms with Gasteiger partial charge in [-0.3, -0.25) is 9.48 Å². The molecule has 1 aromatic heterocycles. The van der Waals surface area contributed by atoms with Gasteiger partial charge in [-0.1, -0.05) is 5.21 Å². The van der Waals surface area contributed by atoms with Crippen molar-refractivity contribution in [1.82, 2.24) is 20.3 Å². The number of fused-ring (bicyclic) bond motifs is 1. The summed E-state index contributed by atoms with van der Waals surface area (Å²) in [6.45, 7) is 0.592. The number of rotatable bonds is 5. The molecule has 0 spiro atoms. The van der Waals surface area contributed by atoms with Crippen LogP contribution in [0.1, 0.15) is 41.2 Å². The standard InChI is InChI=1S/C19H22N4O5/c24-17-12(7-23-8-14(21-22-23)10-1-2-10)5-13(18(17)25)20-19(26)11-3-4-15-16(6-11)28-9-27-15/h3-4,6,8,10,12-13,17-18,24-25H,1-2,5,7,9H2,(H,20,26)/t12-,13-,17-,18+/m1/s1. The van der Waals surface area contributed by atoms with Gasteiger partial charge >= 0.3 is 0 Å². The molecule has 148 valence electrons. The van der Waals surface area contributed by atoms with Crippen LogP contribution in [0.25, 0.3) is 0 Å². The summed E-state index contributed by atoms with van der Waals surface area (Å²) < 4.78 is 12.3. The topological polar surface area (TPSA) is 119 Å². The van der Waals surface area contributed by atoms with Crippen LogP contribution in [-0.2, 0) is 6.54 Å². The third kappa shape index (κ3) is 3.20. The number of benzene rings is 1. The van der Waals surface area contributed by atoms with E-state index in [0.717, 1.165) is 18.5 Å². The fraction of sp³-hybridized carbons (Fsp3) is 0.526. The molecular formula is C19H22N4O5. The number of aromatic nitrogens is 3. The van der Waals surface area contributed by atoms with Gasteiger partial charge < -0.3 is 25.0 Å². The zero-order chi connectivity index (χ0) is 19.3. The van der Waals surface area contributed by atoms with E-state index in [9.17, 15) is 15.0 Å². The van der Waals surface area contributed by atoms with Gasteiger partial charge in [0.15, 0.2) is 11.5 Å². The van der Waals surface area contributed by atoms with E-state index >= 15 is 0 Å². The van der Waals surface area contributed by atoms with E-state index in [0.29, 0.717) is 35.9 Å². The molecule has 9 nitrogen and oxygen atoms in total. The van der Waals surface area contributed by atoms with Crippen LogP contribution in [-0.4, -0.2) is 56.2 Å². The lowest BCUT2D eigenvalue weighted by molar-refractivity contribution is 0.00761. The summed E-state index contributed by atoms with van der Waals surface area (Å²) in [6.07, 6.45) is 2.70. The molecule has 0 saturated heterocycles. The fourth-order valence-electron chi connectivity index (χ4n) is 3.95. The van der Waals surface area contributed by atoms with Crippen molar-refractivity contribution in [3.8, 4) is 11.5 Å². The normalized spacial score (nSPS) is 28.5. The van der Waals surface area contributed by atoms with Crippen molar-refractivity contribution >= 4 is 5.91 Å². The highest BCUT2D eigenvalue weighted by Crippen LogP contribution is 2.39. The van der Waals surface area contributed by atoms with Crippen LogP contribution >= 0.6 is 0 Å². The predicted molar refractivity (Wildman–Crippen MR) is 95.9 cm³/mol. The molecule has 2 saturated carbocycles. The fourth-order valence-corrected chi connectivity index (χ4v) is 3.95. The van der Waals surface area contributed by atoms with Crippen LogP contribution in [0.2, 0.25) is 0 Å². The first-order valence-electron chi connectivity index (χ1n) is 9.55. The Morgan fingerprint density at radius 1 is 1.21 bits per heavy atom. The summed E-state index contributed by atoms with van der Waals surface area (Å²) in [5.74, 6) is 1.10. The van der Waals surface area contributed by atoms with Crippen LogP contribution in [0.3, 0.4) is 0 Å². The zero-order valence-corrected chi connectivity index (χ0v) is 15.2. The smallest absolute Gasteiger partial charge is 0.251 e. The van der Waals surface area contributed by atoms with Gasteiger partial charge in [0.05, 0.1) is 17.8 Å². The van der Waals surface area contributed by atoms with Crippen molar-refractivity contribution in [2.45, 2.75) is 50.0 Å². The molecule has 2 fully saturated rings. The Morgan fingerprint density at radius 3 is 2.86 bits per heavy atom. The second kappa shape index (κ2) is 6.75. The molecule has 9 heteroatoms. The number of hydrogen-bond donors (Lipinski definition) is 3. The van der Waals surface area contributed by atoms with E-state index in [2.05, 4.69) is 15.6 Å². The Bertz CT molecular complexity index is 896. The van der Waals surface area contributed by atoms with Gasteiger partial charge in [0.25, 0.3) is 5.91 Å². The van der Waals surface area contributed by atoms with Gasteiger partial charge in [0, 0.05) is 30.1 Å². The molecular weight excluding hydrogens is 364 g/mol. The third-order valence-electron chi connectivity index (χ3n) is 5.73. The number of hydrogen-bond acceptors (Lipinski definition) is 7. The van der Waals surface area contributed by atoms with Crippen molar-refractivity contribution in [2.75, 3.05) is 6.79 Å². The Labute approximate surface area is 161 Å². The number of aliphatic hydroxyl groups is 2. The maximum absolute atomic E-state index is 12.6. The monoisotopic (exact) mass is 386 g/mol. The van der Waals surface area contributed by atoms with Gasteiger partial charge in [0.1, 0.15) is 6.10 Å². The van der Waals surface area contributed by atoms with E-state index in [4.69, 9.17) is 9.47 Å². The minimum absolute atomic E-state index is 0.139. The van der Waals surface area contributed by atoms with E-state index in [1.165, 1.54) is 0 Å². The van der Waals surface area contributed by atoms with Crippen molar-refractivity contribution in [3.63, 3.8) is 0 Å². The van der Waals surface area contributed by atoms with Crippen LogP contribution in [0.4, 0.5) is 0 Å². The van der Waals surface area contributed by atoms with Crippen LogP contribution in [0, 0.1) is 5.92 Å². The number of nitrogens with zero attached hydrogens (tertiary/aromatic N) is 3. The molecule has 3 N–H and O–H groups in total. The molecule has 5 rings (SSSR count). The highest BCUT2D eigenvalue weighted by Gasteiger charge is 2.42. The van der Waals surface area contributed by atoms with Crippen molar-refractivity contribution in [3.05, 3.63) is 35.7 Å².